The maximum atomic E-state index is 12.0. The molecule has 1 N–H and O–H groups in total. The monoisotopic (exact) mass is 306 g/mol. The molecule has 1 aromatic rings. The van der Waals surface area contributed by atoms with Crippen LogP contribution in [-0.2, 0) is 16.1 Å². The number of thiocarbonyl (C=S) groups is 1. The molecule has 0 aliphatic rings. The highest BCUT2D eigenvalue weighted by molar-refractivity contribution is 7.80. The molecular weight excluding hydrogens is 284 g/mol. The molecule has 0 aliphatic carbocycles. The van der Waals surface area contributed by atoms with Crippen LogP contribution >= 0.6 is 12.2 Å². The first-order valence-corrected chi connectivity index (χ1v) is 7.36. The predicted octanol–water partition coefficient (Wildman–Crippen LogP) is 2.50. The minimum Gasteiger partial charge on any atom is -0.464 e. The third-order valence-electron chi connectivity index (χ3n) is 2.95. The smallest absolute Gasteiger partial charge is 0.328 e. The lowest BCUT2D eigenvalue weighted by Gasteiger charge is -2.30. The number of esters is 1. The van der Waals surface area contributed by atoms with E-state index < -0.39 is 6.04 Å². The van der Waals surface area contributed by atoms with E-state index in [0.717, 1.165) is 5.56 Å². The molecule has 0 bridgehead atoms. The van der Waals surface area contributed by atoms with Crippen LogP contribution in [0.2, 0.25) is 0 Å². The highest BCUT2D eigenvalue weighted by Gasteiger charge is 2.24. The molecule has 0 fully saturated rings. The first kappa shape index (κ1) is 17.2. The average molecular weight is 306 g/mol. The fourth-order valence-electron chi connectivity index (χ4n) is 1.82. The van der Waals surface area contributed by atoms with Crippen molar-refractivity contribution in [1.82, 2.24) is 10.2 Å². The molecule has 0 spiro atoms. The third kappa shape index (κ3) is 5.55. The summed E-state index contributed by atoms with van der Waals surface area (Å²) in [6.45, 7) is 8.70. The molecule has 0 saturated heterocycles. The van der Waals surface area contributed by atoms with Crippen LogP contribution in [0.3, 0.4) is 0 Å². The van der Waals surface area contributed by atoms with Gasteiger partial charge < -0.3 is 15.0 Å². The summed E-state index contributed by atoms with van der Waals surface area (Å²) >= 11 is 5.38. The minimum absolute atomic E-state index is 0.281. The number of nitrogens with zero attached hydrogens (tertiary/aromatic N) is 1. The van der Waals surface area contributed by atoms with Crippen molar-refractivity contribution in [2.45, 2.75) is 26.4 Å². The molecule has 4 nitrogen and oxygen atoms in total. The van der Waals surface area contributed by atoms with Crippen molar-refractivity contribution in [3.63, 3.8) is 0 Å². The Morgan fingerprint density at radius 2 is 2.14 bits per heavy atom. The van der Waals surface area contributed by atoms with Crippen molar-refractivity contribution in [3.8, 4) is 0 Å². The second-order valence-corrected chi connectivity index (χ2v) is 4.90. The van der Waals surface area contributed by atoms with E-state index in [1.54, 1.807) is 19.9 Å². The van der Waals surface area contributed by atoms with Crippen LogP contribution in [0.5, 0.6) is 0 Å². The molecule has 1 atom stereocenters. The number of carbonyl (C=O) groups excluding carboxylic acids is 1. The van der Waals surface area contributed by atoms with Gasteiger partial charge in [-0.05, 0) is 31.6 Å². The van der Waals surface area contributed by atoms with Gasteiger partial charge in [-0.1, -0.05) is 36.4 Å². The number of hydrogen-bond acceptors (Lipinski definition) is 3. The molecule has 0 heterocycles. The van der Waals surface area contributed by atoms with Gasteiger partial charge in [-0.2, -0.15) is 0 Å². The maximum absolute atomic E-state index is 12.0. The van der Waals surface area contributed by atoms with Crippen molar-refractivity contribution < 1.29 is 9.53 Å². The zero-order valence-electron chi connectivity index (χ0n) is 12.5. The maximum Gasteiger partial charge on any atom is 0.328 e. The summed E-state index contributed by atoms with van der Waals surface area (Å²) in [6.07, 6.45) is 1.72. The molecule has 114 valence electrons. The minimum atomic E-state index is -0.449. The Kier molecular flexibility index (Phi) is 7.46. The molecule has 0 amide bonds. The van der Waals surface area contributed by atoms with Crippen LogP contribution in [0.4, 0.5) is 0 Å². The van der Waals surface area contributed by atoms with Gasteiger partial charge in [-0.15, -0.1) is 6.58 Å². The molecular formula is C16H22N2O2S. The summed E-state index contributed by atoms with van der Waals surface area (Å²) < 4.78 is 5.09. The summed E-state index contributed by atoms with van der Waals surface area (Å²) in [7, 11) is 0. The SMILES string of the molecule is C=CCNC(=S)N(Cc1ccccc1)C(C)C(=O)OCC. The number of rotatable bonds is 7. The van der Waals surface area contributed by atoms with E-state index in [0.29, 0.717) is 24.8 Å². The molecule has 0 aromatic heterocycles. The second kappa shape index (κ2) is 9.13. The van der Waals surface area contributed by atoms with E-state index in [4.69, 9.17) is 17.0 Å². The highest BCUT2D eigenvalue weighted by atomic mass is 32.1. The van der Waals surface area contributed by atoms with Gasteiger partial charge in [0.05, 0.1) is 6.61 Å². The Labute approximate surface area is 131 Å². The molecule has 0 aliphatic heterocycles. The van der Waals surface area contributed by atoms with Gasteiger partial charge in [0, 0.05) is 13.1 Å². The molecule has 5 heteroatoms. The van der Waals surface area contributed by atoms with Gasteiger partial charge in [-0.25, -0.2) is 4.79 Å². The molecule has 1 aromatic carbocycles. The Bertz CT molecular complexity index is 476. The molecule has 1 rings (SSSR count). The Morgan fingerprint density at radius 3 is 2.71 bits per heavy atom. The topological polar surface area (TPSA) is 41.6 Å². The third-order valence-corrected chi connectivity index (χ3v) is 3.33. The number of nitrogens with one attached hydrogen (secondary N) is 1. The van der Waals surface area contributed by atoms with Crippen molar-refractivity contribution in [2.75, 3.05) is 13.2 Å². The quantitative estimate of drug-likeness (QED) is 0.476. The normalized spacial score (nSPS) is 11.3. The van der Waals surface area contributed by atoms with Crippen LogP contribution < -0.4 is 5.32 Å². The van der Waals surface area contributed by atoms with Gasteiger partial charge in [0.15, 0.2) is 5.11 Å². The van der Waals surface area contributed by atoms with Crippen LogP contribution in [-0.4, -0.2) is 35.2 Å². The van der Waals surface area contributed by atoms with E-state index in [-0.39, 0.29) is 5.97 Å². The summed E-state index contributed by atoms with van der Waals surface area (Å²) in [5, 5.41) is 3.58. The van der Waals surface area contributed by atoms with E-state index in [1.807, 2.05) is 35.2 Å². The zero-order chi connectivity index (χ0) is 15.7. The first-order valence-electron chi connectivity index (χ1n) is 6.96. The zero-order valence-corrected chi connectivity index (χ0v) is 13.4. The van der Waals surface area contributed by atoms with Crippen LogP contribution in [0.25, 0.3) is 0 Å². The first-order chi connectivity index (χ1) is 10.1. The van der Waals surface area contributed by atoms with Gasteiger partial charge in [0.2, 0.25) is 0 Å². The molecule has 0 radical (unpaired) electrons. The number of hydrogen-bond donors (Lipinski definition) is 1. The summed E-state index contributed by atoms with van der Waals surface area (Å²) in [5.74, 6) is -0.281. The van der Waals surface area contributed by atoms with E-state index in [2.05, 4.69) is 11.9 Å². The Balaban J connectivity index is 2.85. The number of benzene rings is 1. The summed E-state index contributed by atoms with van der Waals surface area (Å²) in [5.41, 5.74) is 1.08. The lowest BCUT2D eigenvalue weighted by Crippen LogP contribution is -2.48. The van der Waals surface area contributed by atoms with Gasteiger partial charge in [-0.3, -0.25) is 0 Å². The van der Waals surface area contributed by atoms with E-state index in [1.165, 1.54) is 0 Å². The summed E-state index contributed by atoms with van der Waals surface area (Å²) in [6, 6.07) is 9.43. The van der Waals surface area contributed by atoms with Crippen LogP contribution in [0, 0.1) is 0 Å². The van der Waals surface area contributed by atoms with Gasteiger partial charge in [0.25, 0.3) is 0 Å². The van der Waals surface area contributed by atoms with Gasteiger partial charge in [0.1, 0.15) is 6.04 Å². The molecule has 1 unspecified atom stereocenters. The van der Waals surface area contributed by atoms with Crippen molar-refractivity contribution in [3.05, 3.63) is 48.6 Å². The van der Waals surface area contributed by atoms with Crippen LogP contribution in [0.15, 0.2) is 43.0 Å². The van der Waals surface area contributed by atoms with Crippen LogP contribution in [0.1, 0.15) is 19.4 Å². The van der Waals surface area contributed by atoms with Crippen molar-refractivity contribution in [2.24, 2.45) is 0 Å². The Hall–Kier alpha value is -1.88. The van der Waals surface area contributed by atoms with E-state index >= 15 is 0 Å². The second-order valence-electron chi connectivity index (χ2n) is 4.52. The van der Waals surface area contributed by atoms with Crippen molar-refractivity contribution in [1.29, 1.82) is 0 Å². The van der Waals surface area contributed by atoms with Gasteiger partial charge >= 0.3 is 5.97 Å². The highest BCUT2D eigenvalue weighted by Crippen LogP contribution is 2.10. The van der Waals surface area contributed by atoms with E-state index in [9.17, 15) is 4.79 Å². The fraction of sp³-hybridized carbons (Fsp3) is 0.375. The average Bonchev–Trinajstić information content (AvgIpc) is 2.50. The lowest BCUT2D eigenvalue weighted by molar-refractivity contribution is -0.147. The summed E-state index contributed by atoms with van der Waals surface area (Å²) in [4.78, 5) is 13.8. The Morgan fingerprint density at radius 1 is 1.48 bits per heavy atom. The molecule has 21 heavy (non-hydrogen) atoms. The number of carbonyl (C=O) groups is 1. The number of ether oxygens (including phenoxy) is 1. The largest absolute Gasteiger partial charge is 0.464 e. The fourth-order valence-corrected chi connectivity index (χ4v) is 2.12. The predicted molar refractivity (Wildman–Crippen MR) is 88.9 cm³/mol. The van der Waals surface area contributed by atoms with Crippen molar-refractivity contribution >= 4 is 23.3 Å². The lowest BCUT2D eigenvalue weighted by atomic mass is 10.2. The standard InChI is InChI=1S/C16H22N2O2S/c1-4-11-17-16(21)18(13(3)15(19)20-5-2)12-14-9-7-6-8-10-14/h4,6-10,13H,1,5,11-12H2,2-3H3,(H,17,21). The molecule has 0 saturated carbocycles.